The number of rotatable bonds is 9. The molecule has 1 N–H and O–H groups in total. The summed E-state index contributed by atoms with van der Waals surface area (Å²) in [6, 6.07) is 12.9. The second-order valence-corrected chi connectivity index (χ2v) is 8.02. The minimum Gasteiger partial charge on any atom is -0.483 e. The first-order valence-corrected chi connectivity index (χ1v) is 10.6. The Bertz CT molecular complexity index is 854. The van der Waals surface area contributed by atoms with Crippen molar-refractivity contribution < 1.29 is 14.3 Å². The number of hydrogen-bond donors (Lipinski definition) is 1. The average Bonchev–Trinajstić information content (AvgIpc) is 2.70. The van der Waals surface area contributed by atoms with Gasteiger partial charge in [-0.15, -0.1) is 0 Å². The fourth-order valence-electron chi connectivity index (χ4n) is 2.91. The van der Waals surface area contributed by atoms with Gasteiger partial charge in [0.15, 0.2) is 6.61 Å². The highest BCUT2D eigenvalue weighted by Gasteiger charge is 2.26. The van der Waals surface area contributed by atoms with Crippen LogP contribution < -0.4 is 10.1 Å². The van der Waals surface area contributed by atoms with E-state index in [0.29, 0.717) is 18.8 Å². The SMILES string of the molecule is CCCNC(=O)[C@H](C)N(Cc1cccc(Br)c1)C(=O)COc1cccc(C)c1C. The van der Waals surface area contributed by atoms with Crippen molar-refractivity contribution in [3.63, 3.8) is 0 Å². The number of carbonyl (C=O) groups is 2. The zero-order valence-electron chi connectivity index (χ0n) is 17.5. The zero-order chi connectivity index (χ0) is 21.4. The van der Waals surface area contributed by atoms with Crippen LogP contribution in [0.25, 0.3) is 0 Å². The Balaban J connectivity index is 2.17. The predicted molar refractivity (Wildman–Crippen MR) is 119 cm³/mol. The molecule has 0 spiro atoms. The van der Waals surface area contributed by atoms with E-state index in [0.717, 1.165) is 27.6 Å². The van der Waals surface area contributed by atoms with Crippen molar-refractivity contribution in [2.45, 2.75) is 46.7 Å². The summed E-state index contributed by atoms with van der Waals surface area (Å²) in [6.45, 7) is 8.51. The zero-order valence-corrected chi connectivity index (χ0v) is 19.1. The number of carbonyl (C=O) groups excluding carboxylic acids is 2. The summed E-state index contributed by atoms with van der Waals surface area (Å²) in [6.07, 6.45) is 0.841. The molecule has 5 nitrogen and oxygen atoms in total. The van der Waals surface area contributed by atoms with Gasteiger partial charge in [-0.3, -0.25) is 9.59 Å². The quantitative estimate of drug-likeness (QED) is 0.603. The molecule has 0 aliphatic rings. The maximum atomic E-state index is 13.0. The van der Waals surface area contributed by atoms with Crippen LogP contribution in [0.5, 0.6) is 5.75 Å². The summed E-state index contributed by atoms with van der Waals surface area (Å²) in [7, 11) is 0. The third-order valence-corrected chi connectivity index (χ3v) is 5.36. The summed E-state index contributed by atoms with van der Waals surface area (Å²) in [5.74, 6) is 0.288. The van der Waals surface area contributed by atoms with Crippen LogP contribution in [-0.4, -0.2) is 35.9 Å². The van der Waals surface area contributed by atoms with E-state index in [9.17, 15) is 9.59 Å². The summed E-state index contributed by atoms with van der Waals surface area (Å²) < 4.78 is 6.73. The Labute approximate surface area is 181 Å². The highest BCUT2D eigenvalue weighted by molar-refractivity contribution is 9.10. The molecule has 0 unspecified atom stereocenters. The van der Waals surface area contributed by atoms with Crippen molar-refractivity contribution >= 4 is 27.7 Å². The lowest BCUT2D eigenvalue weighted by Crippen LogP contribution is -2.49. The second-order valence-electron chi connectivity index (χ2n) is 7.11. The predicted octanol–water partition coefficient (Wildman–Crippen LogP) is 4.39. The van der Waals surface area contributed by atoms with Crippen molar-refractivity contribution in [1.82, 2.24) is 10.2 Å². The summed E-state index contributed by atoms with van der Waals surface area (Å²) >= 11 is 3.46. The van der Waals surface area contributed by atoms with Gasteiger partial charge < -0.3 is 15.0 Å². The monoisotopic (exact) mass is 460 g/mol. The molecular formula is C23H29BrN2O3. The van der Waals surface area contributed by atoms with E-state index >= 15 is 0 Å². The molecule has 2 amide bonds. The molecule has 0 saturated heterocycles. The fraction of sp³-hybridized carbons (Fsp3) is 0.391. The van der Waals surface area contributed by atoms with Crippen molar-refractivity contribution in [3.05, 3.63) is 63.6 Å². The van der Waals surface area contributed by atoms with Gasteiger partial charge in [-0.05, 0) is 62.1 Å². The molecule has 0 aliphatic carbocycles. The molecule has 0 aliphatic heterocycles. The normalized spacial score (nSPS) is 11.6. The minimum atomic E-state index is -0.602. The number of amides is 2. The first kappa shape index (κ1) is 22.9. The molecule has 0 fully saturated rings. The molecule has 2 rings (SSSR count). The Morgan fingerprint density at radius 3 is 2.59 bits per heavy atom. The third kappa shape index (κ3) is 6.60. The van der Waals surface area contributed by atoms with E-state index in [4.69, 9.17) is 4.74 Å². The molecule has 29 heavy (non-hydrogen) atoms. The van der Waals surface area contributed by atoms with E-state index in [1.54, 1.807) is 11.8 Å². The molecule has 1 atom stereocenters. The average molecular weight is 461 g/mol. The fourth-order valence-corrected chi connectivity index (χ4v) is 3.36. The van der Waals surface area contributed by atoms with Crippen molar-refractivity contribution in [2.24, 2.45) is 0 Å². The summed E-state index contributed by atoms with van der Waals surface area (Å²) in [5.41, 5.74) is 3.05. The van der Waals surface area contributed by atoms with Crippen molar-refractivity contribution in [1.29, 1.82) is 0 Å². The first-order valence-electron chi connectivity index (χ1n) is 9.84. The number of benzene rings is 2. The van der Waals surface area contributed by atoms with Crippen LogP contribution in [-0.2, 0) is 16.1 Å². The van der Waals surface area contributed by atoms with Crippen LogP contribution >= 0.6 is 15.9 Å². The van der Waals surface area contributed by atoms with Crippen molar-refractivity contribution in [2.75, 3.05) is 13.2 Å². The maximum absolute atomic E-state index is 13.0. The molecule has 0 heterocycles. The van der Waals surface area contributed by atoms with Crippen LogP contribution in [0.1, 0.15) is 37.0 Å². The second kappa shape index (κ2) is 11.0. The number of hydrogen-bond acceptors (Lipinski definition) is 3. The molecule has 6 heteroatoms. The molecule has 0 saturated carbocycles. The Hall–Kier alpha value is -2.34. The lowest BCUT2D eigenvalue weighted by Gasteiger charge is -2.29. The Morgan fingerprint density at radius 2 is 1.90 bits per heavy atom. The highest BCUT2D eigenvalue weighted by Crippen LogP contribution is 2.21. The molecule has 0 bridgehead atoms. The molecule has 0 radical (unpaired) electrons. The smallest absolute Gasteiger partial charge is 0.261 e. The summed E-state index contributed by atoms with van der Waals surface area (Å²) in [5, 5.41) is 2.87. The van der Waals surface area contributed by atoms with E-state index in [1.807, 2.05) is 63.2 Å². The van der Waals surface area contributed by atoms with Crippen LogP contribution in [0.15, 0.2) is 46.9 Å². The number of nitrogens with one attached hydrogen (secondary N) is 1. The van der Waals surface area contributed by atoms with Gasteiger partial charge in [0.25, 0.3) is 5.91 Å². The molecular weight excluding hydrogens is 432 g/mol. The van der Waals surface area contributed by atoms with Gasteiger partial charge in [0.1, 0.15) is 11.8 Å². The summed E-state index contributed by atoms with van der Waals surface area (Å²) in [4.78, 5) is 27.1. The first-order chi connectivity index (χ1) is 13.8. The van der Waals surface area contributed by atoms with Gasteiger partial charge in [0, 0.05) is 17.6 Å². The van der Waals surface area contributed by atoms with Crippen LogP contribution in [0, 0.1) is 13.8 Å². The van der Waals surface area contributed by atoms with Gasteiger partial charge in [0.2, 0.25) is 5.91 Å². The van der Waals surface area contributed by atoms with E-state index in [1.165, 1.54) is 0 Å². The number of halogens is 1. The Kier molecular flexibility index (Phi) is 8.70. The highest BCUT2D eigenvalue weighted by atomic mass is 79.9. The van der Waals surface area contributed by atoms with Crippen LogP contribution in [0.4, 0.5) is 0 Å². The van der Waals surface area contributed by atoms with Gasteiger partial charge in [-0.2, -0.15) is 0 Å². The lowest BCUT2D eigenvalue weighted by molar-refractivity contribution is -0.142. The molecule has 2 aromatic carbocycles. The molecule has 2 aromatic rings. The molecule has 0 aromatic heterocycles. The minimum absolute atomic E-state index is 0.121. The number of aryl methyl sites for hydroxylation is 1. The van der Waals surface area contributed by atoms with Gasteiger partial charge in [-0.25, -0.2) is 0 Å². The van der Waals surface area contributed by atoms with Gasteiger partial charge in [-0.1, -0.05) is 47.1 Å². The topological polar surface area (TPSA) is 58.6 Å². The Morgan fingerprint density at radius 1 is 1.17 bits per heavy atom. The van der Waals surface area contributed by atoms with Crippen LogP contribution in [0.2, 0.25) is 0 Å². The van der Waals surface area contributed by atoms with Gasteiger partial charge in [0.05, 0.1) is 0 Å². The van der Waals surface area contributed by atoms with Gasteiger partial charge >= 0.3 is 0 Å². The maximum Gasteiger partial charge on any atom is 0.261 e. The molecule has 156 valence electrons. The van der Waals surface area contributed by atoms with Crippen molar-refractivity contribution in [3.8, 4) is 5.75 Å². The van der Waals surface area contributed by atoms with E-state index in [2.05, 4.69) is 21.2 Å². The third-order valence-electron chi connectivity index (χ3n) is 4.86. The van der Waals surface area contributed by atoms with E-state index < -0.39 is 6.04 Å². The number of ether oxygens (including phenoxy) is 1. The van der Waals surface area contributed by atoms with Crippen LogP contribution in [0.3, 0.4) is 0 Å². The number of nitrogens with zero attached hydrogens (tertiary/aromatic N) is 1. The standard InChI is InChI=1S/C23H29BrN2O3/c1-5-12-25-23(28)18(4)26(14-19-9-7-10-20(24)13-19)22(27)15-29-21-11-6-8-16(2)17(21)3/h6-11,13,18H,5,12,14-15H2,1-4H3,(H,25,28)/t18-/m0/s1. The lowest BCUT2D eigenvalue weighted by atomic mass is 10.1. The van der Waals surface area contributed by atoms with E-state index in [-0.39, 0.29) is 18.4 Å². The largest absolute Gasteiger partial charge is 0.483 e.